The fourth-order valence-electron chi connectivity index (χ4n) is 5.75. The number of anilines is 1. The Labute approximate surface area is 271 Å². The average Bonchev–Trinajstić information content (AvgIpc) is 3.64. The van der Waals surface area contributed by atoms with E-state index in [1.54, 1.807) is 28.8 Å². The van der Waals surface area contributed by atoms with Gasteiger partial charge in [-0.3, -0.25) is 14.2 Å². The summed E-state index contributed by atoms with van der Waals surface area (Å²) in [5.74, 6) is -0.701. The van der Waals surface area contributed by atoms with Gasteiger partial charge >= 0.3 is 5.97 Å². The van der Waals surface area contributed by atoms with E-state index in [1.165, 1.54) is 19.6 Å². The maximum absolute atomic E-state index is 12.9. The molecule has 0 spiro atoms. The molecular formula is C35H35N5O7. The number of benzene rings is 3. The first-order valence-electron chi connectivity index (χ1n) is 15.2. The molecule has 1 amide bonds. The van der Waals surface area contributed by atoms with Gasteiger partial charge in [0, 0.05) is 25.5 Å². The Balaban J connectivity index is 1.36. The van der Waals surface area contributed by atoms with Gasteiger partial charge in [0.1, 0.15) is 18.0 Å². The molecule has 0 aliphatic carbocycles. The minimum absolute atomic E-state index is 0.0240. The third kappa shape index (κ3) is 7.21. The van der Waals surface area contributed by atoms with E-state index in [0.717, 1.165) is 11.1 Å². The molecule has 0 unspecified atom stereocenters. The zero-order chi connectivity index (χ0) is 32.6. The normalized spacial score (nSPS) is 20.7. The van der Waals surface area contributed by atoms with E-state index >= 15 is 0 Å². The highest BCUT2D eigenvalue weighted by Gasteiger charge is 2.58. The summed E-state index contributed by atoms with van der Waals surface area (Å²) in [6.45, 7) is 1.57. The van der Waals surface area contributed by atoms with Crippen molar-refractivity contribution < 1.29 is 33.6 Å². The first-order valence-corrected chi connectivity index (χ1v) is 15.2. The standard InChI is InChI=1S/C35H35N5O7/c1-24(42)46-29-30(45-20-26-13-7-3-8-14-26)35(17-18-41,21-44-19-25-11-5-2-6-12-25)47-34(29)40-23-38-28-31(36-22-37-32(28)40)39-33(43)27-15-9-4-10-16-27/h2-16,22-23,29-30,34,41H,17-21H2,1H3,(H,36,37,39,43)/t29-,30+,34-,35-/m1/s1. The Morgan fingerprint density at radius 1 is 0.915 bits per heavy atom. The number of aromatic nitrogens is 4. The first-order chi connectivity index (χ1) is 23.0. The lowest BCUT2D eigenvalue weighted by Crippen LogP contribution is -2.50. The largest absolute Gasteiger partial charge is 0.455 e. The molecule has 3 aromatic carbocycles. The minimum Gasteiger partial charge on any atom is -0.455 e. The van der Waals surface area contributed by atoms with Crippen molar-refractivity contribution in [2.24, 2.45) is 0 Å². The van der Waals surface area contributed by atoms with Crippen molar-refractivity contribution in [2.45, 2.75) is 50.6 Å². The number of aliphatic hydroxyl groups is 1. The van der Waals surface area contributed by atoms with Crippen LogP contribution >= 0.6 is 0 Å². The Hall–Kier alpha value is -5.01. The topological polar surface area (TPSA) is 147 Å². The second-order valence-corrected chi connectivity index (χ2v) is 11.2. The maximum Gasteiger partial charge on any atom is 0.303 e. The van der Waals surface area contributed by atoms with Crippen molar-refractivity contribution in [3.63, 3.8) is 0 Å². The fourth-order valence-corrected chi connectivity index (χ4v) is 5.75. The van der Waals surface area contributed by atoms with Crippen LogP contribution in [0.25, 0.3) is 11.2 Å². The number of carbonyl (C=O) groups is 2. The number of ether oxygens (including phenoxy) is 4. The molecule has 1 saturated heterocycles. The third-order valence-corrected chi connectivity index (χ3v) is 7.92. The van der Waals surface area contributed by atoms with E-state index in [9.17, 15) is 14.7 Å². The fraction of sp³-hybridized carbons (Fsp3) is 0.286. The van der Waals surface area contributed by atoms with Crippen LogP contribution in [-0.2, 0) is 37.0 Å². The van der Waals surface area contributed by atoms with Crippen LogP contribution in [0.3, 0.4) is 0 Å². The molecule has 1 fully saturated rings. The number of carbonyl (C=O) groups excluding carboxylic acids is 2. The Morgan fingerprint density at radius 3 is 2.23 bits per heavy atom. The molecule has 12 heteroatoms. The van der Waals surface area contributed by atoms with Crippen LogP contribution < -0.4 is 5.32 Å². The monoisotopic (exact) mass is 637 g/mol. The number of aliphatic hydroxyl groups excluding tert-OH is 1. The molecule has 1 aliphatic rings. The van der Waals surface area contributed by atoms with Gasteiger partial charge in [0.15, 0.2) is 29.3 Å². The van der Waals surface area contributed by atoms with Crippen LogP contribution in [-0.4, -0.2) is 67.5 Å². The lowest BCUT2D eigenvalue weighted by Gasteiger charge is -2.34. The highest BCUT2D eigenvalue weighted by atomic mass is 16.6. The van der Waals surface area contributed by atoms with E-state index < -0.39 is 30.0 Å². The Bertz CT molecular complexity index is 1790. The molecule has 5 aromatic rings. The molecule has 0 radical (unpaired) electrons. The Morgan fingerprint density at radius 2 is 1.57 bits per heavy atom. The molecule has 1 aliphatic heterocycles. The minimum atomic E-state index is -1.24. The summed E-state index contributed by atoms with van der Waals surface area (Å²) in [7, 11) is 0. The number of hydrogen-bond acceptors (Lipinski definition) is 10. The quantitative estimate of drug-likeness (QED) is 0.177. The van der Waals surface area contributed by atoms with Crippen molar-refractivity contribution in [1.82, 2.24) is 19.5 Å². The van der Waals surface area contributed by atoms with Crippen LogP contribution in [0, 0.1) is 0 Å². The number of amides is 1. The number of imidazole rings is 1. The van der Waals surface area contributed by atoms with Gasteiger partial charge in [0.05, 0.1) is 26.1 Å². The van der Waals surface area contributed by atoms with Gasteiger partial charge in [-0.05, 0) is 23.3 Å². The van der Waals surface area contributed by atoms with Crippen LogP contribution in [0.2, 0.25) is 0 Å². The molecule has 3 heterocycles. The molecule has 2 aromatic heterocycles. The van der Waals surface area contributed by atoms with Crippen LogP contribution in [0.1, 0.15) is 41.1 Å². The summed E-state index contributed by atoms with van der Waals surface area (Å²) in [6, 6.07) is 28.0. The number of hydrogen-bond donors (Lipinski definition) is 2. The van der Waals surface area contributed by atoms with E-state index in [1.807, 2.05) is 66.7 Å². The number of esters is 1. The molecule has 0 bridgehead atoms. The zero-order valence-electron chi connectivity index (χ0n) is 25.8. The van der Waals surface area contributed by atoms with Crippen molar-refractivity contribution in [2.75, 3.05) is 18.5 Å². The lowest BCUT2D eigenvalue weighted by molar-refractivity contribution is -0.165. The number of nitrogens with zero attached hydrogens (tertiary/aromatic N) is 4. The predicted molar refractivity (Wildman–Crippen MR) is 171 cm³/mol. The smallest absolute Gasteiger partial charge is 0.303 e. The summed E-state index contributed by atoms with van der Waals surface area (Å²) >= 11 is 0. The molecule has 242 valence electrons. The summed E-state index contributed by atoms with van der Waals surface area (Å²) in [6.07, 6.45) is 0.0880. The summed E-state index contributed by atoms with van der Waals surface area (Å²) < 4.78 is 27.0. The number of rotatable bonds is 13. The third-order valence-electron chi connectivity index (χ3n) is 7.92. The average molecular weight is 638 g/mol. The Kier molecular flexibility index (Phi) is 9.93. The highest BCUT2D eigenvalue weighted by Crippen LogP contribution is 2.44. The van der Waals surface area contributed by atoms with Gasteiger partial charge in [0.25, 0.3) is 5.91 Å². The summed E-state index contributed by atoms with van der Waals surface area (Å²) in [5.41, 5.74) is 1.72. The van der Waals surface area contributed by atoms with Crippen molar-refractivity contribution in [1.29, 1.82) is 0 Å². The first kappa shape index (κ1) is 32.0. The van der Waals surface area contributed by atoms with Gasteiger partial charge in [0.2, 0.25) is 0 Å². The lowest BCUT2D eigenvalue weighted by atomic mass is 9.92. The molecule has 2 N–H and O–H groups in total. The number of nitrogens with one attached hydrogen (secondary N) is 1. The van der Waals surface area contributed by atoms with Gasteiger partial charge in [-0.2, -0.15) is 0 Å². The van der Waals surface area contributed by atoms with Gasteiger partial charge in [-0.25, -0.2) is 15.0 Å². The maximum atomic E-state index is 12.9. The van der Waals surface area contributed by atoms with Gasteiger partial charge < -0.3 is 29.4 Å². The molecular weight excluding hydrogens is 602 g/mol. The summed E-state index contributed by atoms with van der Waals surface area (Å²) in [5, 5.41) is 13.1. The molecule has 4 atom stereocenters. The summed E-state index contributed by atoms with van der Waals surface area (Å²) in [4.78, 5) is 38.7. The highest BCUT2D eigenvalue weighted by molar-refractivity contribution is 6.06. The van der Waals surface area contributed by atoms with E-state index in [4.69, 9.17) is 18.9 Å². The SMILES string of the molecule is CC(=O)O[C@H]1[C@H](n2cnc3c(NC(=O)c4ccccc4)ncnc32)O[C@](CCO)(COCc2ccccc2)[C@H]1OCc1ccccc1. The van der Waals surface area contributed by atoms with E-state index in [-0.39, 0.29) is 44.6 Å². The van der Waals surface area contributed by atoms with E-state index in [2.05, 4.69) is 20.3 Å². The van der Waals surface area contributed by atoms with Crippen molar-refractivity contribution in [3.05, 3.63) is 120 Å². The van der Waals surface area contributed by atoms with Crippen LogP contribution in [0.15, 0.2) is 104 Å². The predicted octanol–water partition coefficient (Wildman–Crippen LogP) is 4.46. The van der Waals surface area contributed by atoms with Gasteiger partial charge in [-0.15, -0.1) is 0 Å². The molecule has 12 nitrogen and oxygen atoms in total. The van der Waals surface area contributed by atoms with Gasteiger partial charge in [-0.1, -0.05) is 78.9 Å². The molecule has 47 heavy (non-hydrogen) atoms. The van der Waals surface area contributed by atoms with Crippen molar-refractivity contribution >= 4 is 28.9 Å². The second kappa shape index (κ2) is 14.6. The van der Waals surface area contributed by atoms with E-state index in [0.29, 0.717) is 16.7 Å². The molecule has 0 saturated carbocycles. The molecule has 6 rings (SSSR count). The van der Waals surface area contributed by atoms with Crippen LogP contribution in [0.5, 0.6) is 0 Å². The zero-order valence-corrected chi connectivity index (χ0v) is 25.8. The number of fused-ring (bicyclic) bond motifs is 1. The van der Waals surface area contributed by atoms with Crippen molar-refractivity contribution in [3.8, 4) is 0 Å². The van der Waals surface area contributed by atoms with Crippen LogP contribution in [0.4, 0.5) is 5.82 Å². The second-order valence-electron chi connectivity index (χ2n) is 11.2.